The lowest BCUT2D eigenvalue weighted by atomic mass is 9.93. The summed E-state index contributed by atoms with van der Waals surface area (Å²) < 4.78 is 57.6. The van der Waals surface area contributed by atoms with E-state index < -0.39 is 29.5 Å². The van der Waals surface area contributed by atoms with Crippen LogP contribution in [-0.4, -0.2) is 58.4 Å². The summed E-state index contributed by atoms with van der Waals surface area (Å²) in [7, 11) is -1.46. The number of nitrogens with zero attached hydrogens (tertiary/aromatic N) is 2. The predicted molar refractivity (Wildman–Crippen MR) is 141 cm³/mol. The third kappa shape index (κ3) is 7.83. The van der Waals surface area contributed by atoms with Gasteiger partial charge in [-0.3, -0.25) is 4.79 Å². The van der Waals surface area contributed by atoms with Gasteiger partial charge in [-0.1, -0.05) is 0 Å². The average molecular weight is 555 g/mol. The number of nitrogens with one attached hydrogen (secondary N) is 2. The van der Waals surface area contributed by atoms with Crippen molar-refractivity contribution in [2.24, 2.45) is 5.41 Å². The SMILES string of the molecule is Cc1cc(NC(=O)c2ccc(NS(=O)CCO)cc2N2CCC3(CC2)CC3)nc(OCCCC(F)(F)F)c1. The van der Waals surface area contributed by atoms with Gasteiger partial charge in [0.05, 0.1) is 30.2 Å². The van der Waals surface area contributed by atoms with Crippen LogP contribution < -0.4 is 19.7 Å². The number of aromatic nitrogens is 1. The molecule has 2 aliphatic rings. The number of ether oxygens (including phenoxy) is 1. The molecule has 8 nitrogen and oxygen atoms in total. The molecule has 1 saturated heterocycles. The number of hydrogen-bond acceptors (Lipinski definition) is 6. The Morgan fingerprint density at radius 1 is 1.18 bits per heavy atom. The smallest absolute Gasteiger partial charge is 0.389 e. The van der Waals surface area contributed by atoms with Crippen LogP contribution in [0.5, 0.6) is 5.88 Å². The summed E-state index contributed by atoms with van der Waals surface area (Å²) >= 11 is 0. The van der Waals surface area contributed by atoms with Gasteiger partial charge in [0.1, 0.15) is 16.8 Å². The van der Waals surface area contributed by atoms with Crippen molar-refractivity contribution in [1.82, 2.24) is 4.98 Å². The number of amides is 1. The minimum atomic E-state index is -4.24. The number of benzene rings is 1. The highest BCUT2D eigenvalue weighted by Crippen LogP contribution is 2.54. The number of hydrogen-bond donors (Lipinski definition) is 3. The zero-order valence-corrected chi connectivity index (χ0v) is 22.1. The van der Waals surface area contributed by atoms with Crippen molar-refractivity contribution >= 4 is 34.1 Å². The normalized spacial score (nSPS) is 17.2. The van der Waals surface area contributed by atoms with E-state index in [-0.39, 0.29) is 37.1 Å². The number of alkyl halides is 3. The molecule has 208 valence electrons. The van der Waals surface area contributed by atoms with E-state index in [1.807, 2.05) is 0 Å². The molecule has 1 spiro atoms. The van der Waals surface area contributed by atoms with Gasteiger partial charge in [0.25, 0.3) is 5.91 Å². The van der Waals surface area contributed by atoms with Crippen LogP contribution in [0.4, 0.5) is 30.4 Å². The molecule has 38 heavy (non-hydrogen) atoms. The maximum absolute atomic E-state index is 13.4. The van der Waals surface area contributed by atoms with E-state index in [9.17, 15) is 22.2 Å². The second-order valence-electron chi connectivity index (χ2n) is 9.98. The summed E-state index contributed by atoms with van der Waals surface area (Å²) in [6, 6.07) is 8.39. The van der Waals surface area contributed by atoms with Crippen LogP contribution in [0.2, 0.25) is 0 Å². The number of carbonyl (C=O) groups excluding carboxylic acids is 1. The fraction of sp³-hybridized carbons (Fsp3) is 0.538. The molecule has 1 aliphatic heterocycles. The van der Waals surface area contributed by atoms with Gasteiger partial charge in [0.15, 0.2) is 0 Å². The lowest BCUT2D eigenvalue weighted by molar-refractivity contribution is -0.136. The van der Waals surface area contributed by atoms with Gasteiger partial charge in [-0.25, -0.2) is 4.21 Å². The first-order valence-corrected chi connectivity index (χ1v) is 14.0. The van der Waals surface area contributed by atoms with Crippen LogP contribution in [-0.2, 0) is 11.0 Å². The van der Waals surface area contributed by atoms with Crippen LogP contribution >= 0.6 is 0 Å². The third-order valence-electron chi connectivity index (χ3n) is 6.91. The van der Waals surface area contributed by atoms with Crippen molar-refractivity contribution < 1.29 is 32.0 Å². The number of halogens is 3. The molecule has 2 fully saturated rings. The van der Waals surface area contributed by atoms with Gasteiger partial charge in [0.2, 0.25) is 5.88 Å². The zero-order valence-electron chi connectivity index (χ0n) is 21.3. The molecule has 1 atom stereocenters. The topological polar surface area (TPSA) is 104 Å². The van der Waals surface area contributed by atoms with E-state index in [0.29, 0.717) is 22.4 Å². The molecular weight excluding hydrogens is 521 g/mol. The summed E-state index contributed by atoms with van der Waals surface area (Å²) in [5, 5.41) is 11.9. The molecule has 12 heteroatoms. The molecule has 3 N–H and O–H groups in total. The average Bonchev–Trinajstić information content (AvgIpc) is 3.60. The van der Waals surface area contributed by atoms with Crippen molar-refractivity contribution in [3.8, 4) is 5.88 Å². The lowest BCUT2D eigenvalue weighted by Crippen LogP contribution is -2.35. The molecule has 0 bridgehead atoms. The Morgan fingerprint density at radius 2 is 1.92 bits per heavy atom. The second-order valence-corrected chi connectivity index (χ2v) is 11.3. The molecular formula is C26H33F3N4O4S. The van der Waals surface area contributed by atoms with Gasteiger partial charge < -0.3 is 24.8 Å². The first kappa shape index (κ1) is 28.2. The Labute approximate surface area is 222 Å². The third-order valence-corrected chi connectivity index (χ3v) is 7.93. The highest BCUT2D eigenvalue weighted by atomic mass is 32.2. The molecule has 2 heterocycles. The highest BCUT2D eigenvalue weighted by molar-refractivity contribution is 7.86. The standard InChI is InChI=1S/C26H33F3N4O4S/c1-18-15-22(30-23(16-18)37-13-2-5-26(27,28)29)31-24(35)20-4-3-19(32-38(36)14-12-34)17-21(20)33-10-8-25(6-7-25)9-11-33/h3-4,15-17,32,34H,2,5-14H2,1H3,(H,30,31,35). The van der Waals surface area contributed by atoms with Gasteiger partial charge in [-0.05, 0) is 74.3 Å². The van der Waals surface area contributed by atoms with Crippen molar-refractivity contribution in [3.63, 3.8) is 0 Å². The Bertz CT molecular complexity index is 1160. The molecule has 1 aliphatic carbocycles. The van der Waals surface area contributed by atoms with Crippen LogP contribution in [0.1, 0.15) is 54.4 Å². The Morgan fingerprint density at radius 3 is 2.58 bits per heavy atom. The maximum atomic E-state index is 13.4. The van der Waals surface area contributed by atoms with E-state index in [1.165, 1.54) is 12.8 Å². The Balaban J connectivity index is 1.49. The van der Waals surface area contributed by atoms with E-state index in [4.69, 9.17) is 9.84 Å². The molecule has 2 aromatic rings. The summed E-state index contributed by atoms with van der Waals surface area (Å²) in [6.07, 6.45) is -0.781. The Hall–Kier alpha value is -2.86. The fourth-order valence-electron chi connectivity index (χ4n) is 4.62. The number of carbonyl (C=O) groups is 1. The number of rotatable bonds is 11. The number of aliphatic hydroxyl groups excluding tert-OH is 1. The lowest BCUT2D eigenvalue weighted by Gasteiger charge is -2.35. The molecule has 0 radical (unpaired) electrons. The number of piperidine rings is 1. The van der Waals surface area contributed by atoms with Crippen LogP contribution in [0.25, 0.3) is 0 Å². The molecule has 4 rings (SSSR count). The van der Waals surface area contributed by atoms with E-state index in [0.717, 1.165) is 31.5 Å². The molecule has 1 aromatic carbocycles. The van der Waals surface area contributed by atoms with Crippen molar-refractivity contribution in [2.75, 3.05) is 47.0 Å². The van der Waals surface area contributed by atoms with Crippen molar-refractivity contribution in [1.29, 1.82) is 0 Å². The number of aryl methyl sites for hydroxylation is 1. The first-order valence-electron chi connectivity index (χ1n) is 12.7. The van der Waals surface area contributed by atoms with Crippen LogP contribution in [0, 0.1) is 12.3 Å². The zero-order chi connectivity index (χ0) is 27.3. The van der Waals surface area contributed by atoms with Crippen LogP contribution in [0.3, 0.4) is 0 Å². The maximum Gasteiger partial charge on any atom is 0.389 e. The van der Waals surface area contributed by atoms with Gasteiger partial charge >= 0.3 is 6.18 Å². The molecule has 1 amide bonds. The number of pyridine rings is 1. The number of aliphatic hydroxyl groups is 1. The molecule has 1 unspecified atom stereocenters. The van der Waals surface area contributed by atoms with E-state index in [1.54, 1.807) is 37.3 Å². The van der Waals surface area contributed by atoms with E-state index in [2.05, 4.69) is 19.9 Å². The molecule has 1 saturated carbocycles. The predicted octanol–water partition coefficient (Wildman–Crippen LogP) is 4.81. The highest BCUT2D eigenvalue weighted by Gasteiger charge is 2.44. The minimum absolute atomic E-state index is 0.0867. The van der Waals surface area contributed by atoms with Gasteiger partial charge in [-0.15, -0.1) is 0 Å². The first-order chi connectivity index (χ1) is 18.1. The van der Waals surface area contributed by atoms with Gasteiger partial charge in [0, 0.05) is 31.3 Å². The van der Waals surface area contributed by atoms with E-state index >= 15 is 0 Å². The van der Waals surface area contributed by atoms with Crippen molar-refractivity contribution in [2.45, 2.75) is 51.6 Å². The fourth-order valence-corrected chi connectivity index (χ4v) is 5.28. The molecule has 1 aromatic heterocycles. The van der Waals surface area contributed by atoms with Crippen molar-refractivity contribution in [3.05, 3.63) is 41.5 Å². The summed E-state index contributed by atoms with van der Waals surface area (Å²) in [4.78, 5) is 19.8. The van der Waals surface area contributed by atoms with Crippen LogP contribution in [0.15, 0.2) is 30.3 Å². The quantitative estimate of drug-likeness (QED) is 0.345. The Kier molecular flexibility index (Phi) is 8.81. The number of anilines is 3. The monoisotopic (exact) mass is 554 g/mol. The summed E-state index contributed by atoms with van der Waals surface area (Å²) in [5.74, 6) is 0.0625. The summed E-state index contributed by atoms with van der Waals surface area (Å²) in [5.41, 5.74) is 2.89. The summed E-state index contributed by atoms with van der Waals surface area (Å²) in [6.45, 7) is 3.04. The van der Waals surface area contributed by atoms with Gasteiger partial charge in [-0.2, -0.15) is 18.2 Å². The minimum Gasteiger partial charge on any atom is -0.478 e. The second kappa shape index (κ2) is 11.9. The largest absolute Gasteiger partial charge is 0.478 e.